The Bertz CT molecular complexity index is 356. The van der Waals surface area contributed by atoms with E-state index in [9.17, 15) is 4.79 Å². The van der Waals surface area contributed by atoms with Gasteiger partial charge >= 0.3 is 0 Å². The minimum atomic E-state index is -0.527. The van der Waals surface area contributed by atoms with E-state index in [1.165, 1.54) is 0 Å². The van der Waals surface area contributed by atoms with Gasteiger partial charge in [-0.25, -0.2) is 0 Å². The maximum atomic E-state index is 12.4. The molecule has 18 heavy (non-hydrogen) atoms. The molecule has 0 aromatic heterocycles. The Hall–Kier alpha value is -0.640. The van der Waals surface area contributed by atoms with Crippen LogP contribution in [0.25, 0.3) is 0 Å². The van der Waals surface area contributed by atoms with E-state index in [1.54, 1.807) is 0 Å². The van der Waals surface area contributed by atoms with Crippen LogP contribution in [-0.2, 0) is 4.79 Å². The lowest BCUT2D eigenvalue weighted by Crippen LogP contribution is -2.56. The molecule has 104 valence electrons. The average molecular weight is 270 g/mol. The standard InChI is InChI=1S/C14H26N2OS/c1-7-14(8-2,11(15)18)16-10(17)9-12(3,4)13(9,5)6/h9H,7-8H2,1-6H3,(H2,15,18)(H,16,17). The number of nitrogens with two attached hydrogens (primary N) is 1. The predicted molar refractivity (Wildman–Crippen MR) is 79.3 cm³/mol. The van der Waals surface area contributed by atoms with Gasteiger partial charge in [-0.15, -0.1) is 0 Å². The van der Waals surface area contributed by atoms with E-state index < -0.39 is 5.54 Å². The molecule has 0 atom stereocenters. The van der Waals surface area contributed by atoms with Crippen molar-refractivity contribution in [2.45, 2.75) is 59.9 Å². The van der Waals surface area contributed by atoms with Crippen molar-refractivity contribution in [1.82, 2.24) is 5.32 Å². The molecule has 0 heterocycles. The quantitative estimate of drug-likeness (QED) is 0.755. The minimum absolute atomic E-state index is 0.0387. The Morgan fingerprint density at radius 1 is 1.22 bits per heavy atom. The van der Waals surface area contributed by atoms with Gasteiger partial charge in [-0.3, -0.25) is 4.79 Å². The number of thiocarbonyl (C=S) groups is 1. The van der Waals surface area contributed by atoms with Crippen molar-refractivity contribution in [2.24, 2.45) is 22.5 Å². The van der Waals surface area contributed by atoms with E-state index >= 15 is 0 Å². The van der Waals surface area contributed by atoms with Crippen LogP contribution in [0, 0.1) is 16.7 Å². The van der Waals surface area contributed by atoms with Gasteiger partial charge in [0, 0.05) is 5.92 Å². The number of amides is 1. The smallest absolute Gasteiger partial charge is 0.225 e. The highest BCUT2D eigenvalue weighted by Gasteiger charge is 2.68. The Labute approximate surface area is 116 Å². The van der Waals surface area contributed by atoms with Crippen molar-refractivity contribution in [2.75, 3.05) is 0 Å². The number of nitrogens with one attached hydrogen (secondary N) is 1. The summed E-state index contributed by atoms with van der Waals surface area (Å²) in [6.07, 6.45) is 1.47. The summed E-state index contributed by atoms with van der Waals surface area (Å²) in [7, 11) is 0. The lowest BCUT2D eigenvalue weighted by atomic mass is 9.92. The molecular weight excluding hydrogens is 244 g/mol. The summed E-state index contributed by atoms with van der Waals surface area (Å²) in [5.74, 6) is 0.123. The molecular formula is C14H26N2OS. The molecule has 1 aliphatic rings. The fraction of sp³-hybridized carbons (Fsp3) is 0.857. The number of hydrogen-bond donors (Lipinski definition) is 2. The zero-order valence-electron chi connectivity index (χ0n) is 12.4. The molecule has 0 bridgehead atoms. The molecule has 0 spiro atoms. The van der Waals surface area contributed by atoms with Crippen LogP contribution in [-0.4, -0.2) is 16.4 Å². The maximum Gasteiger partial charge on any atom is 0.225 e. The van der Waals surface area contributed by atoms with Crippen LogP contribution < -0.4 is 11.1 Å². The van der Waals surface area contributed by atoms with E-state index in [0.717, 1.165) is 12.8 Å². The third kappa shape index (κ3) is 2.04. The fourth-order valence-corrected chi connectivity index (χ4v) is 3.34. The van der Waals surface area contributed by atoms with Crippen LogP contribution in [0.5, 0.6) is 0 Å². The molecule has 1 fully saturated rings. The van der Waals surface area contributed by atoms with Gasteiger partial charge in [-0.2, -0.15) is 0 Å². The summed E-state index contributed by atoms with van der Waals surface area (Å²) in [6, 6.07) is 0. The summed E-state index contributed by atoms with van der Waals surface area (Å²) in [5.41, 5.74) is 5.37. The summed E-state index contributed by atoms with van der Waals surface area (Å²) in [6.45, 7) is 12.6. The first-order chi connectivity index (χ1) is 8.06. The number of hydrogen-bond acceptors (Lipinski definition) is 2. The molecule has 3 N–H and O–H groups in total. The van der Waals surface area contributed by atoms with Crippen molar-refractivity contribution in [3.63, 3.8) is 0 Å². The molecule has 0 saturated heterocycles. The van der Waals surface area contributed by atoms with Crippen molar-refractivity contribution >= 4 is 23.1 Å². The van der Waals surface area contributed by atoms with Gasteiger partial charge in [0.15, 0.2) is 0 Å². The summed E-state index contributed by atoms with van der Waals surface area (Å²) >= 11 is 5.13. The lowest BCUT2D eigenvalue weighted by Gasteiger charge is -2.32. The Balaban J connectivity index is 2.86. The second kappa shape index (κ2) is 4.48. The number of carbonyl (C=O) groups excluding carboxylic acids is 1. The Morgan fingerprint density at radius 2 is 1.61 bits per heavy atom. The molecule has 0 aliphatic heterocycles. The highest BCUT2D eigenvalue weighted by molar-refractivity contribution is 7.80. The molecule has 0 unspecified atom stereocenters. The molecule has 1 rings (SSSR count). The molecule has 3 nitrogen and oxygen atoms in total. The molecule has 0 aromatic rings. The first kappa shape index (κ1) is 15.4. The van der Waals surface area contributed by atoms with Crippen LogP contribution in [0.3, 0.4) is 0 Å². The lowest BCUT2D eigenvalue weighted by molar-refractivity contribution is -0.124. The van der Waals surface area contributed by atoms with Crippen LogP contribution in [0.2, 0.25) is 0 Å². The topological polar surface area (TPSA) is 55.1 Å². The van der Waals surface area contributed by atoms with Crippen molar-refractivity contribution < 1.29 is 4.79 Å². The van der Waals surface area contributed by atoms with Crippen LogP contribution in [0.4, 0.5) is 0 Å². The Morgan fingerprint density at radius 3 is 1.83 bits per heavy atom. The molecule has 4 heteroatoms. The predicted octanol–water partition coefficient (Wildman–Crippen LogP) is 2.63. The molecule has 0 radical (unpaired) electrons. The van der Waals surface area contributed by atoms with Crippen molar-refractivity contribution in [3.05, 3.63) is 0 Å². The summed E-state index contributed by atoms with van der Waals surface area (Å²) in [5, 5.41) is 3.10. The summed E-state index contributed by atoms with van der Waals surface area (Å²) < 4.78 is 0. The first-order valence-corrected chi connectivity index (χ1v) is 7.09. The number of rotatable bonds is 5. The van der Waals surface area contributed by atoms with Gasteiger partial charge in [0.25, 0.3) is 0 Å². The molecule has 1 saturated carbocycles. The second-order valence-corrected chi connectivity index (χ2v) is 6.96. The van der Waals surface area contributed by atoms with E-state index in [2.05, 4.69) is 33.0 Å². The molecule has 1 aliphatic carbocycles. The van der Waals surface area contributed by atoms with E-state index in [1.807, 2.05) is 13.8 Å². The first-order valence-electron chi connectivity index (χ1n) is 6.68. The van der Waals surface area contributed by atoms with E-state index in [-0.39, 0.29) is 22.7 Å². The zero-order chi connectivity index (χ0) is 14.4. The molecule has 1 amide bonds. The number of carbonyl (C=O) groups is 1. The normalized spacial score (nSPS) is 21.4. The van der Waals surface area contributed by atoms with E-state index in [4.69, 9.17) is 18.0 Å². The highest BCUT2D eigenvalue weighted by Crippen LogP contribution is 2.68. The zero-order valence-corrected chi connectivity index (χ0v) is 13.2. The van der Waals surface area contributed by atoms with Crippen molar-refractivity contribution in [1.29, 1.82) is 0 Å². The SMILES string of the molecule is CCC(CC)(NC(=O)C1C(C)(C)C1(C)C)C(N)=S. The highest BCUT2D eigenvalue weighted by atomic mass is 32.1. The van der Waals surface area contributed by atoms with Gasteiger partial charge in [0.2, 0.25) is 5.91 Å². The van der Waals surface area contributed by atoms with E-state index in [0.29, 0.717) is 4.99 Å². The Kier molecular flexibility index (Phi) is 3.84. The van der Waals surface area contributed by atoms with Crippen LogP contribution in [0.1, 0.15) is 54.4 Å². The summed E-state index contributed by atoms with van der Waals surface area (Å²) in [4.78, 5) is 12.8. The monoisotopic (exact) mass is 270 g/mol. The maximum absolute atomic E-state index is 12.4. The second-order valence-electron chi connectivity index (χ2n) is 6.52. The van der Waals surface area contributed by atoms with Gasteiger partial charge in [-0.1, -0.05) is 53.8 Å². The minimum Gasteiger partial charge on any atom is -0.391 e. The van der Waals surface area contributed by atoms with Gasteiger partial charge < -0.3 is 11.1 Å². The van der Waals surface area contributed by atoms with Gasteiger partial charge in [0.05, 0.1) is 10.5 Å². The third-order valence-electron chi connectivity index (χ3n) is 5.32. The van der Waals surface area contributed by atoms with Gasteiger partial charge in [-0.05, 0) is 23.7 Å². The fourth-order valence-electron chi connectivity index (χ4n) is 3.00. The van der Waals surface area contributed by atoms with Crippen LogP contribution >= 0.6 is 12.2 Å². The molecule has 0 aromatic carbocycles. The van der Waals surface area contributed by atoms with Crippen molar-refractivity contribution in [3.8, 4) is 0 Å². The van der Waals surface area contributed by atoms with Crippen LogP contribution in [0.15, 0.2) is 0 Å². The van der Waals surface area contributed by atoms with Gasteiger partial charge in [0.1, 0.15) is 0 Å². The third-order valence-corrected chi connectivity index (χ3v) is 5.71. The average Bonchev–Trinajstić information content (AvgIpc) is 2.65. The largest absolute Gasteiger partial charge is 0.391 e.